The largest absolute Gasteiger partial charge is 0.488 e. The van der Waals surface area contributed by atoms with Gasteiger partial charge < -0.3 is 24.1 Å². The van der Waals surface area contributed by atoms with Gasteiger partial charge in [-0.1, -0.05) is 35.9 Å². The Morgan fingerprint density at radius 1 is 1.21 bits per heavy atom. The maximum absolute atomic E-state index is 12.2. The third-order valence-corrected chi connectivity index (χ3v) is 6.17. The lowest BCUT2D eigenvalue weighted by atomic mass is 9.93. The van der Waals surface area contributed by atoms with Gasteiger partial charge in [-0.25, -0.2) is 0 Å². The number of hydrogen-bond donors (Lipinski definition) is 1. The number of carbonyl (C=O) groups excluding carboxylic acids is 2. The van der Waals surface area contributed by atoms with Crippen LogP contribution in [0.1, 0.15) is 42.6 Å². The molecule has 2 saturated heterocycles. The van der Waals surface area contributed by atoms with Crippen molar-refractivity contribution in [2.75, 3.05) is 19.8 Å². The van der Waals surface area contributed by atoms with E-state index in [2.05, 4.69) is 0 Å². The van der Waals surface area contributed by atoms with Gasteiger partial charge in [0, 0.05) is 24.8 Å². The number of ketones is 1. The maximum atomic E-state index is 12.2. The zero-order chi connectivity index (χ0) is 23.4. The monoisotopic (exact) mass is 474 g/mol. The lowest BCUT2D eigenvalue weighted by Gasteiger charge is -2.32. The zero-order valence-corrected chi connectivity index (χ0v) is 19.1. The molecular weight excluding hydrogens is 448 g/mol. The van der Waals surface area contributed by atoms with Crippen LogP contribution in [0.3, 0.4) is 0 Å². The second-order valence-corrected chi connectivity index (χ2v) is 8.75. The Kier molecular flexibility index (Phi) is 7.65. The van der Waals surface area contributed by atoms with Gasteiger partial charge in [0.05, 0.1) is 19.3 Å². The molecule has 33 heavy (non-hydrogen) atoms. The fourth-order valence-corrected chi connectivity index (χ4v) is 4.20. The third kappa shape index (κ3) is 6.12. The van der Waals surface area contributed by atoms with Crippen LogP contribution in [0, 0.1) is 0 Å². The maximum Gasteiger partial charge on any atom is 0.302 e. The molecule has 1 N–H and O–H groups in total. The standard InChI is InChI=1S/C25H27ClO7/c1-15(27)31-14-24-25(29)22(28)12-23(33-24)17-4-7-21(26)18(11-17)10-16-2-5-19(6-3-16)32-20-8-9-30-13-20/h2-7,11,20,22-24,28H,8-10,12-14H2,1H3/t20-,22?,23+,24+/m0/s1. The predicted octanol–water partition coefficient (Wildman–Crippen LogP) is 3.42. The van der Waals surface area contributed by atoms with Gasteiger partial charge in [0.15, 0.2) is 11.9 Å². The number of benzene rings is 2. The molecule has 0 bridgehead atoms. The highest BCUT2D eigenvalue weighted by molar-refractivity contribution is 6.31. The van der Waals surface area contributed by atoms with Gasteiger partial charge in [0.25, 0.3) is 0 Å². The van der Waals surface area contributed by atoms with Crippen LogP contribution in [0.5, 0.6) is 5.75 Å². The van der Waals surface area contributed by atoms with Gasteiger partial charge in [0.2, 0.25) is 0 Å². The van der Waals surface area contributed by atoms with Crippen molar-refractivity contribution in [3.63, 3.8) is 0 Å². The van der Waals surface area contributed by atoms with Crippen molar-refractivity contribution in [3.05, 3.63) is 64.2 Å². The number of aliphatic hydroxyl groups excluding tert-OH is 1. The van der Waals surface area contributed by atoms with E-state index in [0.717, 1.165) is 35.5 Å². The van der Waals surface area contributed by atoms with Gasteiger partial charge in [-0.2, -0.15) is 0 Å². The molecule has 176 valence electrons. The molecule has 2 aromatic rings. The van der Waals surface area contributed by atoms with E-state index < -0.39 is 30.1 Å². The summed E-state index contributed by atoms with van der Waals surface area (Å²) in [5.41, 5.74) is 2.77. The average Bonchev–Trinajstić information content (AvgIpc) is 3.30. The summed E-state index contributed by atoms with van der Waals surface area (Å²) in [6, 6.07) is 13.4. The van der Waals surface area contributed by atoms with Crippen LogP contribution in [0.25, 0.3) is 0 Å². The minimum absolute atomic E-state index is 0.101. The van der Waals surface area contributed by atoms with Crippen LogP contribution in [-0.2, 0) is 30.2 Å². The molecule has 0 radical (unpaired) electrons. The first-order chi connectivity index (χ1) is 15.9. The molecule has 2 heterocycles. The number of aliphatic hydroxyl groups is 1. The van der Waals surface area contributed by atoms with Crippen molar-refractivity contribution < 1.29 is 33.6 Å². The highest BCUT2D eigenvalue weighted by Crippen LogP contribution is 2.33. The molecule has 2 aromatic carbocycles. The van der Waals surface area contributed by atoms with E-state index in [1.807, 2.05) is 36.4 Å². The van der Waals surface area contributed by atoms with E-state index >= 15 is 0 Å². The van der Waals surface area contributed by atoms with Gasteiger partial charge >= 0.3 is 5.97 Å². The van der Waals surface area contributed by atoms with E-state index in [-0.39, 0.29) is 19.1 Å². The van der Waals surface area contributed by atoms with Crippen molar-refractivity contribution in [3.8, 4) is 5.75 Å². The molecule has 1 unspecified atom stereocenters. The summed E-state index contributed by atoms with van der Waals surface area (Å²) in [6.07, 6.45) is -0.961. The topological polar surface area (TPSA) is 91.3 Å². The van der Waals surface area contributed by atoms with E-state index in [0.29, 0.717) is 18.1 Å². The van der Waals surface area contributed by atoms with Crippen LogP contribution in [-0.4, -0.2) is 55.0 Å². The molecule has 2 fully saturated rings. The van der Waals surface area contributed by atoms with Crippen LogP contribution < -0.4 is 4.74 Å². The molecule has 0 spiro atoms. The van der Waals surface area contributed by atoms with Crippen molar-refractivity contribution in [1.82, 2.24) is 0 Å². The Balaban J connectivity index is 1.44. The summed E-state index contributed by atoms with van der Waals surface area (Å²) in [4.78, 5) is 23.3. The number of ether oxygens (including phenoxy) is 4. The Morgan fingerprint density at radius 3 is 2.70 bits per heavy atom. The van der Waals surface area contributed by atoms with E-state index in [9.17, 15) is 14.7 Å². The summed E-state index contributed by atoms with van der Waals surface area (Å²) in [5, 5.41) is 10.8. The van der Waals surface area contributed by atoms with Crippen molar-refractivity contribution >= 4 is 23.4 Å². The molecule has 0 aromatic heterocycles. The lowest BCUT2D eigenvalue weighted by molar-refractivity contribution is -0.168. The first-order valence-electron chi connectivity index (χ1n) is 11.0. The summed E-state index contributed by atoms with van der Waals surface area (Å²) < 4.78 is 22.1. The number of esters is 1. The Labute approximate surface area is 197 Å². The number of Topliss-reactive ketones (excluding diaryl/α,β-unsaturated/α-hetero) is 1. The number of hydrogen-bond acceptors (Lipinski definition) is 7. The normalized spacial score (nSPS) is 25.1. The molecule has 2 aliphatic rings. The Bertz CT molecular complexity index is 985. The van der Waals surface area contributed by atoms with E-state index in [1.165, 1.54) is 6.92 Å². The molecular formula is C25H27ClO7. The van der Waals surface area contributed by atoms with Crippen LogP contribution in [0.4, 0.5) is 0 Å². The van der Waals surface area contributed by atoms with E-state index in [4.69, 9.17) is 30.5 Å². The van der Waals surface area contributed by atoms with Gasteiger partial charge in [-0.15, -0.1) is 0 Å². The average molecular weight is 475 g/mol. The quantitative estimate of drug-likeness (QED) is 0.615. The highest BCUT2D eigenvalue weighted by atomic mass is 35.5. The van der Waals surface area contributed by atoms with Gasteiger partial charge in [0.1, 0.15) is 24.6 Å². The van der Waals surface area contributed by atoms with Crippen LogP contribution in [0.2, 0.25) is 5.02 Å². The number of halogens is 1. The fraction of sp³-hybridized carbons (Fsp3) is 0.440. The minimum Gasteiger partial charge on any atom is -0.488 e. The lowest BCUT2D eigenvalue weighted by Crippen LogP contribution is -2.44. The highest BCUT2D eigenvalue weighted by Gasteiger charge is 2.37. The number of carbonyl (C=O) groups is 2. The molecule has 0 aliphatic carbocycles. The molecule has 0 saturated carbocycles. The summed E-state index contributed by atoms with van der Waals surface area (Å²) in [7, 11) is 0. The second kappa shape index (κ2) is 10.7. The van der Waals surface area contributed by atoms with Gasteiger partial charge in [-0.05, 0) is 41.3 Å². The predicted molar refractivity (Wildman–Crippen MR) is 120 cm³/mol. The Hall–Kier alpha value is -2.45. The summed E-state index contributed by atoms with van der Waals surface area (Å²) >= 11 is 6.45. The molecule has 4 rings (SSSR count). The third-order valence-electron chi connectivity index (χ3n) is 5.80. The first-order valence-corrected chi connectivity index (χ1v) is 11.4. The molecule has 2 aliphatic heterocycles. The molecule has 8 heteroatoms. The van der Waals surface area contributed by atoms with Crippen LogP contribution >= 0.6 is 11.6 Å². The zero-order valence-electron chi connectivity index (χ0n) is 18.4. The van der Waals surface area contributed by atoms with Gasteiger partial charge in [-0.3, -0.25) is 9.59 Å². The summed E-state index contributed by atoms with van der Waals surface area (Å²) in [6.45, 7) is 2.39. The fourth-order valence-electron chi connectivity index (χ4n) is 4.02. The van der Waals surface area contributed by atoms with Crippen molar-refractivity contribution in [2.24, 2.45) is 0 Å². The SMILES string of the molecule is CC(=O)OC[C@H]1O[C@@H](c2ccc(Cl)c(Cc3ccc(O[C@H]4CCOC4)cc3)c2)CC(O)C1=O. The molecule has 7 nitrogen and oxygen atoms in total. The Morgan fingerprint density at radius 2 is 2.00 bits per heavy atom. The molecule has 4 atom stereocenters. The number of rotatable bonds is 7. The molecule has 0 amide bonds. The smallest absolute Gasteiger partial charge is 0.302 e. The second-order valence-electron chi connectivity index (χ2n) is 8.34. The van der Waals surface area contributed by atoms with Crippen LogP contribution in [0.15, 0.2) is 42.5 Å². The summed E-state index contributed by atoms with van der Waals surface area (Å²) in [5.74, 6) is -0.180. The van der Waals surface area contributed by atoms with Crippen molar-refractivity contribution in [1.29, 1.82) is 0 Å². The van der Waals surface area contributed by atoms with Crippen molar-refractivity contribution in [2.45, 2.75) is 50.6 Å². The first kappa shape index (κ1) is 23.7. The minimum atomic E-state index is -1.18. The van der Waals surface area contributed by atoms with E-state index in [1.54, 1.807) is 6.07 Å².